The maximum atomic E-state index is 11.9. The lowest BCUT2D eigenvalue weighted by molar-refractivity contribution is -0.245. The summed E-state index contributed by atoms with van der Waals surface area (Å²) >= 11 is 0. The van der Waals surface area contributed by atoms with Crippen molar-refractivity contribution >= 4 is 5.97 Å². The minimum Gasteiger partial charge on any atom is -0.462 e. The van der Waals surface area contributed by atoms with Crippen LogP contribution in [0.2, 0.25) is 0 Å². The molecule has 192 valence electrons. The van der Waals surface area contributed by atoms with Crippen molar-refractivity contribution in [3.8, 4) is 0 Å². The molecule has 0 bridgehead atoms. The highest BCUT2D eigenvalue weighted by molar-refractivity contribution is 5.66. The highest BCUT2D eigenvalue weighted by Gasteiger charge is 2.70. The van der Waals surface area contributed by atoms with Gasteiger partial charge in [-0.1, -0.05) is 67.0 Å². The van der Waals surface area contributed by atoms with Crippen LogP contribution in [-0.4, -0.2) is 12.1 Å². The topological polar surface area (TPSA) is 26.3 Å². The zero-order valence-electron chi connectivity index (χ0n) is 23.7. The smallest absolute Gasteiger partial charge is 0.302 e. The maximum Gasteiger partial charge on any atom is 0.302 e. The summed E-state index contributed by atoms with van der Waals surface area (Å²) in [5, 5.41) is 0. The number of ether oxygens (including phenoxy) is 1. The number of rotatable bonds is 2. The largest absolute Gasteiger partial charge is 0.462 e. The van der Waals surface area contributed by atoms with Gasteiger partial charge in [0.05, 0.1) is 0 Å². The summed E-state index contributed by atoms with van der Waals surface area (Å²) in [6, 6.07) is 0. The fraction of sp³-hybridized carbons (Fsp3) is 0.906. The Morgan fingerprint density at radius 3 is 2.24 bits per heavy atom. The Bertz CT molecular complexity index is 883. The van der Waals surface area contributed by atoms with Crippen LogP contribution in [0, 0.1) is 56.7 Å². The van der Waals surface area contributed by atoms with Gasteiger partial charge in [0.1, 0.15) is 6.10 Å². The van der Waals surface area contributed by atoms with Gasteiger partial charge in [-0.25, -0.2) is 0 Å². The lowest BCUT2D eigenvalue weighted by Crippen LogP contribution is -2.66. The van der Waals surface area contributed by atoms with Crippen molar-refractivity contribution in [2.75, 3.05) is 0 Å². The Kier molecular flexibility index (Phi) is 5.57. The third-order valence-electron chi connectivity index (χ3n) is 13.4. The van der Waals surface area contributed by atoms with E-state index in [1.807, 2.05) is 0 Å². The molecule has 0 heterocycles. The van der Waals surface area contributed by atoms with Crippen molar-refractivity contribution in [2.45, 2.75) is 126 Å². The summed E-state index contributed by atoms with van der Waals surface area (Å²) in [5.41, 5.74) is 3.55. The maximum absolute atomic E-state index is 11.9. The van der Waals surface area contributed by atoms with E-state index in [9.17, 15) is 4.79 Å². The molecule has 0 aromatic rings. The molecule has 0 saturated heterocycles. The van der Waals surface area contributed by atoms with Gasteiger partial charge < -0.3 is 4.74 Å². The van der Waals surface area contributed by atoms with Crippen molar-refractivity contribution in [3.63, 3.8) is 0 Å². The fourth-order valence-corrected chi connectivity index (χ4v) is 11.5. The van der Waals surface area contributed by atoms with E-state index >= 15 is 0 Å². The van der Waals surface area contributed by atoms with E-state index in [1.165, 1.54) is 51.4 Å². The summed E-state index contributed by atoms with van der Waals surface area (Å²) in [4.78, 5) is 11.9. The number of carbonyl (C=O) groups excluding carboxylic acids is 1. The Balaban J connectivity index is 1.50. The van der Waals surface area contributed by atoms with Crippen LogP contribution in [0.4, 0.5) is 0 Å². The van der Waals surface area contributed by atoms with Crippen LogP contribution in [0.3, 0.4) is 0 Å². The molecule has 0 N–H and O–H groups in total. The lowest BCUT2D eigenvalue weighted by atomic mass is 9.32. The van der Waals surface area contributed by atoms with E-state index in [-0.39, 0.29) is 17.5 Å². The van der Waals surface area contributed by atoms with Crippen molar-refractivity contribution < 1.29 is 9.53 Å². The molecule has 5 aliphatic rings. The van der Waals surface area contributed by atoms with Crippen LogP contribution < -0.4 is 0 Å². The molecule has 0 aromatic carbocycles. The number of hydrogen-bond donors (Lipinski definition) is 0. The number of hydrogen-bond acceptors (Lipinski definition) is 2. The SMILES string of the molecule is CC(=O)OC1CCC2(C)C(CCC3(C)C2CCC2C4C(C(C)C)=CCC4(C)CCC23C)C1(C)C. The second-order valence-corrected chi connectivity index (χ2v) is 15.3. The highest BCUT2D eigenvalue weighted by Crippen LogP contribution is 2.77. The van der Waals surface area contributed by atoms with Gasteiger partial charge in [-0.05, 0) is 109 Å². The van der Waals surface area contributed by atoms with Crippen LogP contribution in [0.25, 0.3) is 0 Å². The first-order valence-electron chi connectivity index (χ1n) is 14.6. The number of carbonyl (C=O) groups is 1. The first-order chi connectivity index (χ1) is 15.7. The molecule has 2 heteroatoms. The predicted octanol–water partition coefficient (Wildman–Crippen LogP) is 8.60. The molecule has 34 heavy (non-hydrogen) atoms. The van der Waals surface area contributed by atoms with Gasteiger partial charge in [-0.15, -0.1) is 0 Å². The van der Waals surface area contributed by atoms with Crippen molar-refractivity contribution in [1.82, 2.24) is 0 Å². The summed E-state index contributed by atoms with van der Waals surface area (Å²) in [6.45, 7) is 22.0. The molecule has 9 atom stereocenters. The lowest BCUT2D eigenvalue weighted by Gasteiger charge is -2.72. The van der Waals surface area contributed by atoms with E-state index in [0.29, 0.717) is 33.5 Å². The van der Waals surface area contributed by atoms with Crippen LogP contribution >= 0.6 is 0 Å². The molecule has 4 fully saturated rings. The van der Waals surface area contributed by atoms with Crippen LogP contribution in [-0.2, 0) is 9.53 Å². The summed E-state index contributed by atoms with van der Waals surface area (Å²) in [7, 11) is 0. The molecule has 5 aliphatic carbocycles. The molecule has 0 aromatic heterocycles. The van der Waals surface area contributed by atoms with Gasteiger partial charge in [0, 0.05) is 12.3 Å². The van der Waals surface area contributed by atoms with E-state index in [4.69, 9.17) is 4.74 Å². The molecule has 2 nitrogen and oxygen atoms in total. The Hall–Kier alpha value is -0.790. The van der Waals surface area contributed by atoms with Crippen molar-refractivity contribution in [3.05, 3.63) is 11.6 Å². The quantitative estimate of drug-likeness (QED) is 0.299. The van der Waals surface area contributed by atoms with Crippen molar-refractivity contribution in [1.29, 1.82) is 0 Å². The number of esters is 1. The highest BCUT2D eigenvalue weighted by atomic mass is 16.5. The van der Waals surface area contributed by atoms with Gasteiger partial charge in [0.15, 0.2) is 0 Å². The van der Waals surface area contributed by atoms with Crippen molar-refractivity contribution in [2.24, 2.45) is 56.7 Å². The van der Waals surface area contributed by atoms with Crippen LogP contribution in [0.5, 0.6) is 0 Å². The van der Waals surface area contributed by atoms with Gasteiger partial charge in [0.25, 0.3) is 0 Å². The molecule has 0 amide bonds. The molecule has 5 rings (SSSR count). The van der Waals surface area contributed by atoms with Gasteiger partial charge in [0.2, 0.25) is 0 Å². The summed E-state index contributed by atoms with van der Waals surface area (Å²) in [6.07, 6.45) is 14.6. The van der Waals surface area contributed by atoms with Crippen LogP contribution in [0.15, 0.2) is 11.6 Å². The van der Waals surface area contributed by atoms with Gasteiger partial charge in [-0.2, -0.15) is 0 Å². The van der Waals surface area contributed by atoms with Gasteiger partial charge >= 0.3 is 5.97 Å². The molecule has 0 radical (unpaired) electrons. The van der Waals surface area contributed by atoms with E-state index < -0.39 is 0 Å². The molecule has 0 spiro atoms. The third-order valence-corrected chi connectivity index (χ3v) is 13.4. The first-order valence-corrected chi connectivity index (χ1v) is 14.6. The predicted molar refractivity (Wildman–Crippen MR) is 140 cm³/mol. The molecular weight excluding hydrogens is 416 g/mol. The summed E-state index contributed by atoms with van der Waals surface area (Å²) < 4.78 is 5.91. The normalized spacial score (nSPS) is 51.6. The number of allylic oxidation sites excluding steroid dienone is 2. The molecule has 9 unspecified atom stereocenters. The third kappa shape index (κ3) is 3.08. The fourth-order valence-electron chi connectivity index (χ4n) is 11.5. The minimum absolute atomic E-state index is 0.0574. The van der Waals surface area contributed by atoms with E-state index in [1.54, 1.807) is 12.5 Å². The second-order valence-electron chi connectivity index (χ2n) is 15.3. The Labute approximate surface area is 210 Å². The average molecular weight is 469 g/mol. The standard InChI is InChI=1S/C32H52O2/c1-20(2)22-12-15-29(6)18-19-31(8)23(27(22)29)10-11-25-30(7)16-14-26(34-21(3)33)28(4,5)24(30)13-17-32(25,31)9/h12,20,23-27H,10-11,13-19H2,1-9H3. The van der Waals surface area contributed by atoms with Gasteiger partial charge in [-0.3, -0.25) is 4.79 Å². The first kappa shape index (κ1) is 24.9. The van der Waals surface area contributed by atoms with E-state index in [0.717, 1.165) is 24.2 Å². The average Bonchev–Trinajstić information content (AvgIpc) is 3.08. The monoisotopic (exact) mass is 468 g/mol. The van der Waals surface area contributed by atoms with E-state index in [2.05, 4.69) is 61.5 Å². The number of fused-ring (bicyclic) bond motifs is 7. The Morgan fingerprint density at radius 1 is 0.882 bits per heavy atom. The summed E-state index contributed by atoms with van der Waals surface area (Å²) in [5.74, 6) is 3.65. The molecule has 0 aliphatic heterocycles. The zero-order chi connectivity index (χ0) is 24.9. The second kappa shape index (κ2) is 7.61. The molecule has 4 saturated carbocycles. The molecular formula is C32H52O2. The minimum atomic E-state index is -0.105. The zero-order valence-corrected chi connectivity index (χ0v) is 23.7. The van der Waals surface area contributed by atoms with Crippen LogP contribution in [0.1, 0.15) is 120 Å². The Morgan fingerprint density at radius 2 is 1.59 bits per heavy atom.